The van der Waals surface area contributed by atoms with Crippen LogP contribution in [0, 0.1) is 5.92 Å². The SMILES string of the molecule is C[N+]1(CC2CCCC2)CCS(=O)(=O)CC1. The first-order valence-electron chi connectivity index (χ1n) is 6.03. The van der Waals surface area contributed by atoms with Crippen LogP contribution in [0.25, 0.3) is 0 Å². The molecule has 1 saturated carbocycles. The molecule has 0 aromatic heterocycles. The van der Waals surface area contributed by atoms with Crippen molar-refractivity contribution in [2.24, 2.45) is 5.92 Å². The molecule has 0 bridgehead atoms. The van der Waals surface area contributed by atoms with Crippen molar-refractivity contribution in [3.63, 3.8) is 0 Å². The number of nitrogens with zero attached hydrogens (tertiary/aromatic N) is 1. The van der Waals surface area contributed by atoms with Crippen LogP contribution in [0.3, 0.4) is 0 Å². The smallest absolute Gasteiger partial charge is 0.161 e. The normalized spacial score (nSPS) is 30.5. The van der Waals surface area contributed by atoms with Gasteiger partial charge in [-0.05, 0) is 12.8 Å². The van der Waals surface area contributed by atoms with Crippen molar-refractivity contribution < 1.29 is 12.9 Å². The molecule has 1 heterocycles. The third-order valence-corrected chi connectivity index (χ3v) is 5.67. The molecule has 0 N–H and O–H groups in total. The Morgan fingerprint density at radius 1 is 1.13 bits per heavy atom. The Bertz CT molecular complexity index is 303. The van der Waals surface area contributed by atoms with E-state index in [1.807, 2.05) is 0 Å². The Kier molecular flexibility index (Phi) is 3.08. The van der Waals surface area contributed by atoms with Crippen LogP contribution in [-0.2, 0) is 9.84 Å². The zero-order valence-electron chi connectivity index (χ0n) is 9.61. The molecule has 0 radical (unpaired) electrons. The number of quaternary nitrogens is 1. The van der Waals surface area contributed by atoms with Gasteiger partial charge in [0.1, 0.15) is 0 Å². The van der Waals surface area contributed by atoms with Gasteiger partial charge in [0.25, 0.3) is 0 Å². The summed E-state index contributed by atoms with van der Waals surface area (Å²) in [4.78, 5) is 0. The minimum Gasteiger partial charge on any atom is -0.324 e. The van der Waals surface area contributed by atoms with E-state index in [1.54, 1.807) is 0 Å². The number of rotatable bonds is 2. The van der Waals surface area contributed by atoms with E-state index >= 15 is 0 Å². The van der Waals surface area contributed by atoms with Crippen molar-refractivity contribution in [1.29, 1.82) is 0 Å². The first-order chi connectivity index (χ1) is 6.99. The van der Waals surface area contributed by atoms with Crippen LogP contribution in [0.1, 0.15) is 25.7 Å². The molecule has 1 saturated heterocycles. The summed E-state index contributed by atoms with van der Waals surface area (Å²) < 4.78 is 23.7. The first-order valence-corrected chi connectivity index (χ1v) is 7.85. The lowest BCUT2D eigenvalue weighted by Gasteiger charge is -2.39. The van der Waals surface area contributed by atoms with Crippen molar-refractivity contribution in [1.82, 2.24) is 0 Å². The van der Waals surface area contributed by atoms with Crippen molar-refractivity contribution in [3.8, 4) is 0 Å². The van der Waals surface area contributed by atoms with Gasteiger partial charge >= 0.3 is 0 Å². The summed E-state index contributed by atoms with van der Waals surface area (Å²) in [5.41, 5.74) is 0. The van der Waals surface area contributed by atoms with Gasteiger partial charge in [0.2, 0.25) is 0 Å². The maximum Gasteiger partial charge on any atom is 0.161 e. The van der Waals surface area contributed by atoms with Crippen LogP contribution >= 0.6 is 0 Å². The van der Waals surface area contributed by atoms with Gasteiger partial charge in [0.15, 0.2) is 9.84 Å². The van der Waals surface area contributed by atoms with Gasteiger partial charge in [-0.15, -0.1) is 0 Å². The largest absolute Gasteiger partial charge is 0.324 e. The summed E-state index contributed by atoms with van der Waals surface area (Å²) in [5.74, 6) is 1.66. The van der Waals surface area contributed by atoms with Gasteiger partial charge < -0.3 is 4.48 Å². The Morgan fingerprint density at radius 2 is 1.67 bits per heavy atom. The molecule has 4 heteroatoms. The Balaban J connectivity index is 1.91. The number of hydrogen-bond acceptors (Lipinski definition) is 2. The average molecular weight is 232 g/mol. The van der Waals surface area contributed by atoms with Gasteiger partial charge in [0, 0.05) is 5.92 Å². The lowest BCUT2D eigenvalue weighted by molar-refractivity contribution is -0.909. The molecule has 15 heavy (non-hydrogen) atoms. The standard InChI is InChI=1S/C11H22NO2S/c1-12(10-11-4-2-3-5-11)6-8-15(13,14)9-7-12/h11H,2-10H2,1H3/q+1. The Hall–Kier alpha value is -0.0900. The van der Waals surface area contributed by atoms with Crippen LogP contribution in [0.2, 0.25) is 0 Å². The second kappa shape index (κ2) is 4.06. The van der Waals surface area contributed by atoms with E-state index in [4.69, 9.17) is 0 Å². The molecule has 0 amide bonds. The van der Waals surface area contributed by atoms with E-state index < -0.39 is 9.84 Å². The molecule has 88 valence electrons. The van der Waals surface area contributed by atoms with Crippen LogP contribution in [0.5, 0.6) is 0 Å². The molecular formula is C11H22NO2S+. The Morgan fingerprint density at radius 3 is 2.20 bits per heavy atom. The van der Waals surface area contributed by atoms with Crippen LogP contribution in [0.4, 0.5) is 0 Å². The fourth-order valence-corrected chi connectivity index (χ4v) is 4.57. The fourth-order valence-electron chi connectivity index (χ4n) is 2.93. The topological polar surface area (TPSA) is 34.1 Å². The third kappa shape index (κ3) is 2.94. The molecule has 1 aliphatic carbocycles. The quantitative estimate of drug-likeness (QED) is 0.667. The summed E-state index contributed by atoms with van der Waals surface area (Å²) in [6.07, 6.45) is 5.48. The van der Waals surface area contributed by atoms with Crippen LogP contribution in [0.15, 0.2) is 0 Å². The summed E-state index contributed by atoms with van der Waals surface area (Å²) >= 11 is 0. The molecule has 1 aliphatic heterocycles. The molecule has 3 nitrogen and oxygen atoms in total. The molecule has 2 rings (SSSR count). The third-order valence-electron chi connectivity index (χ3n) is 4.06. The fraction of sp³-hybridized carbons (Fsp3) is 1.00. The summed E-state index contributed by atoms with van der Waals surface area (Å²) in [6, 6.07) is 0. The van der Waals surface area contributed by atoms with E-state index in [0.29, 0.717) is 11.5 Å². The van der Waals surface area contributed by atoms with Gasteiger partial charge in [-0.2, -0.15) is 0 Å². The van der Waals surface area contributed by atoms with Crippen molar-refractivity contribution >= 4 is 9.84 Å². The second-order valence-electron chi connectivity index (χ2n) is 5.55. The number of sulfone groups is 1. The summed E-state index contributed by atoms with van der Waals surface area (Å²) in [7, 11) is -0.474. The van der Waals surface area contributed by atoms with Gasteiger partial charge in [0.05, 0.1) is 38.2 Å². The van der Waals surface area contributed by atoms with Crippen LogP contribution < -0.4 is 0 Å². The average Bonchev–Trinajstić information content (AvgIpc) is 2.64. The minimum atomic E-state index is -2.70. The molecule has 2 aliphatic rings. The van der Waals surface area contributed by atoms with E-state index in [2.05, 4.69) is 7.05 Å². The van der Waals surface area contributed by atoms with Crippen molar-refractivity contribution in [2.75, 3.05) is 38.2 Å². The zero-order chi connectivity index (χ0) is 10.9. The van der Waals surface area contributed by atoms with E-state index in [9.17, 15) is 8.42 Å². The van der Waals surface area contributed by atoms with E-state index in [0.717, 1.165) is 23.5 Å². The highest BCUT2D eigenvalue weighted by molar-refractivity contribution is 7.91. The number of hydrogen-bond donors (Lipinski definition) is 0. The van der Waals surface area contributed by atoms with Gasteiger partial charge in [-0.1, -0.05) is 12.8 Å². The molecular weight excluding hydrogens is 210 g/mol. The van der Waals surface area contributed by atoms with E-state index in [1.165, 1.54) is 32.2 Å². The predicted octanol–water partition coefficient (Wildman–Crippen LogP) is 1.05. The van der Waals surface area contributed by atoms with Gasteiger partial charge in [-0.3, -0.25) is 0 Å². The summed E-state index contributed by atoms with van der Waals surface area (Å²) in [5, 5.41) is 0. The second-order valence-corrected chi connectivity index (χ2v) is 7.86. The maximum atomic E-state index is 11.4. The lowest BCUT2D eigenvalue weighted by Crippen LogP contribution is -2.55. The van der Waals surface area contributed by atoms with Crippen molar-refractivity contribution in [2.45, 2.75) is 25.7 Å². The molecule has 0 aromatic carbocycles. The predicted molar refractivity (Wildman–Crippen MR) is 61.4 cm³/mol. The van der Waals surface area contributed by atoms with Gasteiger partial charge in [-0.25, -0.2) is 8.42 Å². The van der Waals surface area contributed by atoms with E-state index in [-0.39, 0.29) is 0 Å². The highest BCUT2D eigenvalue weighted by Crippen LogP contribution is 2.28. The zero-order valence-corrected chi connectivity index (χ0v) is 10.4. The highest BCUT2D eigenvalue weighted by Gasteiger charge is 2.34. The summed E-state index contributed by atoms with van der Waals surface area (Å²) in [6.45, 7) is 2.87. The minimum absolute atomic E-state index is 0.399. The molecule has 2 fully saturated rings. The molecule has 0 atom stereocenters. The highest BCUT2D eigenvalue weighted by atomic mass is 32.2. The molecule has 0 spiro atoms. The monoisotopic (exact) mass is 232 g/mol. The lowest BCUT2D eigenvalue weighted by atomic mass is 10.1. The Labute approximate surface area is 93.0 Å². The molecule has 0 aromatic rings. The first kappa shape index (κ1) is 11.4. The maximum absolute atomic E-state index is 11.4. The van der Waals surface area contributed by atoms with Crippen LogP contribution in [-0.4, -0.2) is 51.1 Å². The van der Waals surface area contributed by atoms with Crippen molar-refractivity contribution in [3.05, 3.63) is 0 Å². The molecule has 0 unspecified atom stereocenters.